The van der Waals surface area contributed by atoms with Crippen LogP contribution in [0, 0.1) is 18.6 Å². The van der Waals surface area contributed by atoms with Crippen molar-refractivity contribution in [2.24, 2.45) is 0 Å². The molecule has 116 valence electrons. The molecule has 0 spiro atoms. The van der Waals surface area contributed by atoms with Crippen molar-refractivity contribution in [3.8, 4) is 11.5 Å². The fraction of sp³-hybridized carbons (Fsp3) is 0.133. The minimum Gasteiger partial charge on any atom is -0.454 e. The third kappa shape index (κ3) is 3.41. The van der Waals surface area contributed by atoms with E-state index in [1.165, 1.54) is 13.0 Å². The van der Waals surface area contributed by atoms with Crippen LogP contribution in [0.3, 0.4) is 0 Å². The Morgan fingerprint density at radius 3 is 2.27 bits per heavy atom. The maximum absolute atomic E-state index is 13.7. The van der Waals surface area contributed by atoms with Gasteiger partial charge in [0.05, 0.1) is 11.1 Å². The van der Waals surface area contributed by atoms with Gasteiger partial charge >= 0.3 is 6.18 Å². The molecule has 0 aromatic heterocycles. The molecule has 7 heteroatoms. The largest absolute Gasteiger partial charge is 0.454 e. The lowest BCUT2D eigenvalue weighted by molar-refractivity contribution is -0.137. The fourth-order valence-corrected chi connectivity index (χ4v) is 1.81. The van der Waals surface area contributed by atoms with Gasteiger partial charge in [0.15, 0.2) is 17.9 Å². The highest BCUT2D eigenvalue weighted by Gasteiger charge is 2.31. The quantitative estimate of drug-likeness (QED) is 0.595. The van der Waals surface area contributed by atoms with Crippen LogP contribution in [0.25, 0.3) is 0 Å². The smallest absolute Gasteiger partial charge is 0.416 e. The second kappa shape index (κ2) is 5.75. The van der Waals surface area contributed by atoms with Crippen molar-refractivity contribution in [1.82, 2.24) is 0 Å². The van der Waals surface area contributed by atoms with Crippen LogP contribution in [0.5, 0.6) is 11.5 Å². The van der Waals surface area contributed by atoms with E-state index in [2.05, 4.69) is 0 Å². The monoisotopic (exact) mass is 316 g/mol. The number of aldehydes is 1. The van der Waals surface area contributed by atoms with Gasteiger partial charge in [0.25, 0.3) is 0 Å². The van der Waals surface area contributed by atoms with E-state index in [-0.39, 0.29) is 17.6 Å². The van der Waals surface area contributed by atoms with Crippen molar-refractivity contribution >= 4 is 6.29 Å². The van der Waals surface area contributed by atoms with Crippen LogP contribution in [0.1, 0.15) is 21.5 Å². The molecule has 0 atom stereocenters. The molecule has 0 fully saturated rings. The van der Waals surface area contributed by atoms with Gasteiger partial charge in [0.1, 0.15) is 11.6 Å². The lowest BCUT2D eigenvalue weighted by atomic mass is 10.1. The van der Waals surface area contributed by atoms with Gasteiger partial charge < -0.3 is 4.74 Å². The Bertz CT molecular complexity index is 723. The van der Waals surface area contributed by atoms with E-state index in [1.54, 1.807) is 0 Å². The number of carbonyl (C=O) groups excluding carboxylic acids is 1. The summed E-state index contributed by atoms with van der Waals surface area (Å²) < 4.78 is 70.2. The Kier molecular flexibility index (Phi) is 4.16. The summed E-state index contributed by atoms with van der Waals surface area (Å²) in [6.45, 7) is 1.41. The first-order valence-corrected chi connectivity index (χ1v) is 6.01. The summed E-state index contributed by atoms with van der Waals surface area (Å²) in [5.74, 6) is -2.99. The predicted molar refractivity (Wildman–Crippen MR) is 68.0 cm³/mol. The van der Waals surface area contributed by atoms with Gasteiger partial charge in [-0.15, -0.1) is 0 Å². The van der Waals surface area contributed by atoms with Crippen LogP contribution in [-0.4, -0.2) is 6.29 Å². The number of ether oxygens (including phenoxy) is 1. The molecular weight excluding hydrogens is 307 g/mol. The Labute approximate surface area is 122 Å². The summed E-state index contributed by atoms with van der Waals surface area (Å²) in [4.78, 5) is 10.5. The van der Waals surface area contributed by atoms with Gasteiger partial charge in [0.2, 0.25) is 0 Å². The number of hydrogen-bond acceptors (Lipinski definition) is 2. The van der Waals surface area contributed by atoms with Crippen LogP contribution >= 0.6 is 0 Å². The van der Waals surface area contributed by atoms with Crippen LogP contribution in [0.15, 0.2) is 30.3 Å². The molecule has 2 aromatic carbocycles. The summed E-state index contributed by atoms with van der Waals surface area (Å²) in [5.41, 5.74) is -1.23. The van der Waals surface area contributed by atoms with Crippen LogP contribution in [-0.2, 0) is 6.18 Å². The van der Waals surface area contributed by atoms with Gasteiger partial charge in [0, 0.05) is 6.07 Å². The zero-order valence-corrected chi connectivity index (χ0v) is 11.2. The molecule has 22 heavy (non-hydrogen) atoms. The van der Waals surface area contributed by atoms with Crippen molar-refractivity contribution < 1.29 is 31.5 Å². The standard InChI is InChI=1S/C15H9F5O2/c1-8-2-10(15(18,19)20)5-11(3-8)22-14-6-12(16)9(7-21)4-13(14)17/h2-7H,1H3. The van der Waals surface area contributed by atoms with Crippen molar-refractivity contribution in [2.75, 3.05) is 0 Å². The molecule has 0 saturated carbocycles. The van der Waals surface area contributed by atoms with E-state index < -0.39 is 34.7 Å². The molecule has 0 aliphatic heterocycles. The van der Waals surface area contributed by atoms with Gasteiger partial charge in [-0.1, -0.05) is 0 Å². The highest BCUT2D eigenvalue weighted by molar-refractivity contribution is 5.75. The zero-order valence-electron chi connectivity index (χ0n) is 11.2. The maximum Gasteiger partial charge on any atom is 0.416 e. The molecular formula is C15H9F5O2. The van der Waals surface area contributed by atoms with Crippen LogP contribution < -0.4 is 4.74 Å². The normalized spacial score (nSPS) is 11.4. The Balaban J connectivity index is 2.41. The first-order chi connectivity index (χ1) is 10.2. The number of hydrogen-bond donors (Lipinski definition) is 0. The van der Waals surface area contributed by atoms with E-state index >= 15 is 0 Å². The molecule has 0 N–H and O–H groups in total. The molecule has 0 amide bonds. The number of aryl methyl sites for hydroxylation is 1. The summed E-state index contributed by atoms with van der Waals surface area (Å²) >= 11 is 0. The highest BCUT2D eigenvalue weighted by Crippen LogP contribution is 2.34. The third-order valence-corrected chi connectivity index (χ3v) is 2.78. The molecule has 2 nitrogen and oxygen atoms in total. The zero-order chi connectivity index (χ0) is 16.5. The van der Waals surface area contributed by atoms with Gasteiger partial charge in [-0.25, -0.2) is 8.78 Å². The molecule has 0 unspecified atom stereocenters. The summed E-state index contributed by atoms with van der Waals surface area (Å²) in [6.07, 6.45) is -4.47. The number of benzene rings is 2. The lowest BCUT2D eigenvalue weighted by Crippen LogP contribution is -2.05. The van der Waals surface area contributed by atoms with Crippen LogP contribution in [0.4, 0.5) is 22.0 Å². The van der Waals surface area contributed by atoms with Gasteiger partial charge in [-0.05, 0) is 36.8 Å². The second-order valence-corrected chi connectivity index (χ2v) is 4.56. The summed E-state index contributed by atoms with van der Waals surface area (Å²) in [7, 11) is 0. The van der Waals surface area contributed by atoms with Crippen LogP contribution in [0.2, 0.25) is 0 Å². The number of rotatable bonds is 3. The molecule has 0 aliphatic rings. The van der Waals surface area contributed by atoms with E-state index in [0.29, 0.717) is 18.2 Å². The summed E-state index contributed by atoms with van der Waals surface area (Å²) in [6, 6.07) is 4.05. The summed E-state index contributed by atoms with van der Waals surface area (Å²) in [5, 5.41) is 0. The molecule has 0 heterocycles. The van der Waals surface area contributed by atoms with Crippen molar-refractivity contribution in [3.63, 3.8) is 0 Å². The Hall–Kier alpha value is -2.44. The SMILES string of the molecule is Cc1cc(Oc2cc(F)c(C=O)cc2F)cc(C(F)(F)F)c1. The first-order valence-electron chi connectivity index (χ1n) is 6.01. The number of halogens is 5. The predicted octanol–water partition coefficient (Wildman–Crippen LogP) is 4.90. The fourth-order valence-electron chi connectivity index (χ4n) is 1.81. The minimum absolute atomic E-state index is 0.122. The van der Waals surface area contributed by atoms with E-state index in [0.717, 1.165) is 6.07 Å². The van der Waals surface area contributed by atoms with E-state index in [9.17, 15) is 26.7 Å². The number of carbonyl (C=O) groups is 1. The van der Waals surface area contributed by atoms with Gasteiger partial charge in [-0.2, -0.15) is 13.2 Å². The Morgan fingerprint density at radius 1 is 1.00 bits per heavy atom. The topological polar surface area (TPSA) is 26.3 Å². The highest BCUT2D eigenvalue weighted by atomic mass is 19.4. The lowest BCUT2D eigenvalue weighted by Gasteiger charge is -2.12. The average molecular weight is 316 g/mol. The molecule has 0 bridgehead atoms. The van der Waals surface area contributed by atoms with Gasteiger partial charge in [-0.3, -0.25) is 4.79 Å². The molecule has 2 aromatic rings. The average Bonchev–Trinajstić information content (AvgIpc) is 2.41. The van der Waals surface area contributed by atoms with Crippen molar-refractivity contribution in [3.05, 3.63) is 58.7 Å². The van der Waals surface area contributed by atoms with E-state index in [1.807, 2.05) is 0 Å². The number of alkyl halides is 3. The first kappa shape index (κ1) is 15.9. The molecule has 0 radical (unpaired) electrons. The maximum atomic E-state index is 13.7. The van der Waals surface area contributed by atoms with E-state index in [4.69, 9.17) is 4.74 Å². The molecule has 2 rings (SSSR count). The Morgan fingerprint density at radius 2 is 1.68 bits per heavy atom. The molecule has 0 saturated heterocycles. The minimum atomic E-state index is -4.59. The second-order valence-electron chi connectivity index (χ2n) is 4.56. The van der Waals surface area contributed by atoms with Crippen molar-refractivity contribution in [1.29, 1.82) is 0 Å². The van der Waals surface area contributed by atoms with Crippen molar-refractivity contribution in [2.45, 2.75) is 13.1 Å². The molecule has 0 aliphatic carbocycles. The third-order valence-electron chi connectivity index (χ3n) is 2.78.